The van der Waals surface area contributed by atoms with E-state index in [1.807, 2.05) is 0 Å². The van der Waals surface area contributed by atoms with Crippen LogP contribution in [0.1, 0.15) is 24.0 Å². The van der Waals surface area contributed by atoms with Gasteiger partial charge < -0.3 is 10.2 Å². The minimum atomic E-state index is 0.849. The number of aryl methyl sites for hydroxylation is 1. The monoisotopic (exact) mass is 344 g/mol. The molecule has 1 heterocycles. The van der Waals surface area contributed by atoms with Gasteiger partial charge in [-0.25, -0.2) is 0 Å². The average molecular weight is 345 g/mol. The highest BCUT2D eigenvalue weighted by Crippen LogP contribution is 2.23. The molecule has 3 heteroatoms. The lowest BCUT2D eigenvalue weighted by Gasteiger charge is -2.18. The molecule has 0 amide bonds. The Balaban J connectivity index is 1.61. The van der Waals surface area contributed by atoms with E-state index in [-0.39, 0.29) is 0 Å². The van der Waals surface area contributed by atoms with Crippen LogP contribution in [-0.2, 0) is 6.54 Å². The van der Waals surface area contributed by atoms with E-state index in [4.69, 9.17) is 0 Å². The number of benzene rings is 2. The maximum absolute atomic E-state index is 3.59. The second kappa shape index (κ2) is 6.52. The third-order valence-electron chi connectivity index (χ3n) is 4.07. The number of nitrogens with one attached hydrogen (secondary N) is 1. The molecule has 1 fully saturated rings. The van der Waals surface area contributed by atoms with Gasteiger partial charge in [-0.1, -0.05) is 28.1 Å². The number of anilines is 2. The fraction of sp³-hybridized carbons (Fsp3) is 0.333. The van der Waals surface area contributed by atoms with Crippen molar-refractivity contribution >= 4 is 27.3 Å². The number of nitrogens with zero attached hydrogens (tertiary/aromatic N) is 1. The first kappa shape index (κ1) is 14.5. The molecule has 2 nitrogen and oxygen atoms in total. The molecule has 3 rings (SSSR count). The maximum Gasteiger partial charge on any atom is 0.0401 e. The van der Waals surface area contributed by atoms with E-state index in [0.29, 0.717) is 0 Å². The van der Waals surface area contributed by atoms with Gasteiger partial charge in [0.15, 0.2) is 0 Å². The first-order valence-electron chi connectivity index (χ1n) is 7.56. The van der Waals surface area contributed by atoms with Crippen molar-refractivity contribution in [3.8, 4) is 0 Å². The molecule has 1 N–H and O–H groups in total. The van der Waals surface area contributed by atoms with Crippen LogP contribution in [0.5, 0.6) is 0 Å². The molecule has 110 valence electrons. The quantitative estimate of drug-likeness (QED) is 0.842. The lowest BCUT2D eigenvalue weighted by atomic mass is 10.1. The zero-order chi connectivity index (χ0) is 14.7. The van der Waals surface area contributed by atoms with Gasteiger partial charge in [-0.05, 0) is 61.2 Å². The second-order valence-corrected chi connectivity index (χ2v) is 6.53. The van der Waals surface area contributed by atoms with Crippen LogP contribution in [0, 0.1) is 6.92 Å². The Morgan fingerprint density at radius 2 is 1.76 bits per heavy atom. The minimum absolute atomic E-state index is 0.849. The highest BCUT2D eigenvalue weighted by Gasteiger charge is 2.11. The highest BCUT2D eigenvalue weighted by molar-refractivity contribution is 9.10. The largest absolute Gasteiger partial charge is 0.381 e. The molecular formula is C18H21BrN2. The SMILES string of the molecule is Cc1ccc(CNc2ccc(N3CCCC3)cc2)cc1Br. The Morgan fingerprint density at radius 3 is 2.43 bits per heavy atom. The Hall–Kier alpha value is -1.48. The van der Waals surface area contributed by atoms with Crippen LogP contribution in [-0.4, -0.2) is 13.1 Å². The maximum atomic E-state index is 3.59. The smallest absolute Gasteiger partial charge is 0.0401 e. The lowest BCUT2D eigenvalue weighted by Crippen LogP contribution is -2.17. The number of hydrogen-bond donors (Lipinski definition) is 1. The second-order valence-electron chi connectivity index (χ2n) is 5.68. The van der Waals surface area contributed by atoms with Gasteiger partial charge >= 0.3 is 0 Å². The third-order valence-corrected chi connectivity index (χ3v) is 4.93. The number of hydrogen-bond acceptors (Lipinski definition) is 2. The fourth-order valence-electron chi connectivity index (χ4n) is 2.72. The summed E-state index contributed by atoms with van der Waals surface area (Å²) in [6.45, 7) is 5.36. The van der Waals surface area contributed by atoms with Crippen LogP contribution < -0.4 is 10.2 Å². The molecule has 1 saturated heterocycles. The number of halogens is 1. The van der Waals surface area contributed by atoms with Crippen molar-refractivity contribution in [3.05, 3.63) is 58.1 Å². The summed E-state index contributed by atoms with van der Waals surface area (Å²) < 4.78 is 1.17. The van der Waals surface area contributed by atoms with Crippen molar-refractivity contribution in [1.82, 2.24) is 0 Å². The Labute approximate surface area is 135 Å². The molecule has 0 radical (unpaired) electrons. The van der Waals surface area contributed by atoms with E-state index < -0.39 is 0 Å². The minimum Gasteiger partial charge on any atom is -0.381 e. The predicted octanol–water partition coefficient (Wildman–Crippen LogP) is 4.97. The van der Waals surface area contributed by atoms with Crippen LogP contribution in [0.3, 0.4) is 0 Å². The first-order valence-corrected chi connectivity index (χ1v) is 8.35. The van der Waals surface area contributed by atoms with E-state index in [1.165, 1.54) is 52.9 Å². The molecule has 1 aliphatic rings. The summed E-state index contributed by atoms with van der Waals surface area (Å²) in [7, 11) is 0. The highest BCUT2D eigenvalue weighted by atomic mass is 79.9. The summed E-state index contributed by atoms with van der Waals surface area (Å²) in [4.78, 5) is 2.46. The Morgan fingerprint density at radius 1 is 1.05 bits per heavy atom. The summed E-state index contributed by atoms with van der Waals surface area (Å²) in [5, 5.41) is 3.49. The molecule has 2 aromatic carbocycles. The Bertz CT molecular complexity index is 601. The third kappa shape index (κ3) is 3.59. The summed E-state index contributed by atoms with van der Waals surface area (Å²) in [5.74, 6) is 0. The molecule has 0 bridgehead atoms. The molecule has 0 aliphatic carbocycles. The lowest BCUT2D eigenvalue weighted by molar-refractivity contribution is 0.949. The predicted molar refractivity (Wildman–Crippen MR) is 94.1 cm³/mol. The topological polar surface area (TPSA) is 15.3 Å². The van der Waals surface area contributed by atoms with Crippen LogP contribution in [0.25, 0.3) is 0 Å². The molecule has 21 heavy (non-hydrogen) atoms. The van der Waals surface area contributed by atoms with Crippen LogP contribution in [0.4, 0.5) is 11.4 Å². The molecular weight excluding hydrogens is 324 g/mol. The Kier molecular flexibility index (Phi) is 4.49. The zero-order valence-electron chi connectivity index (χ0n) is 12.4. The van der Waals surface area contributed by atoms with Gasteiger partial charge in [-0.2, -0.15) is 0 Å². The number of rotatable bonds is 4. The molecule has 0 saturated carbocycles. The first-order chi connectivity index (χ1) is 10.2. The summed E-state index contributed by atoms with van der Waals surface area (Å²) in [5.41, 5.74) is 5.08. The normalized spacial score (nSPS) is 14.5. The molecule has 0 aromatic heterocycles. The van der Waals surface area contributed by atoms with Gasteiger partial charge in [0, 0.05) is 35.5 Å². The summed E-state index contributed by atoms with van der Waals surface area (Å²) >= 11 is 3.59. The zero-order valence-corrected chi connectivity index (χ0v) is 14.0. The van der Waals surface area contributed by atoms with Gasteiger partial charge in [0.25, 0.3) is 0 Å². The van der Waals surface area contributed by atoms with Crippen molar-refractivity contribution < 1.29 is 0 Å². The molecule has 2 aromatic rings. The molecule has 1 aliphatic heterocycles. The van der Waals surface area contributed by atoms with Crippen LogP contribution >= 0.6 is 15.9 Å². The van der Waals surface area contributed by atoms with Gasteiger partial charge in [0.2, 0.25) is 0 Å². The van der Waals surface area contributed by atoms with Gasteiger partial charge in [0.1, 0.15) is 0 Å². The fourth-order valence-corrected chi connectivity index (χ4v) is 3.14. The van der Waals surface area contributed by atoms with Gasteiger partial charge in [0.05, 0.1) is 0 Å². The van der Waals surface area contributed by atoms with E-state index in [1.54, 1.807) is 0 Å². The van der Waals surface area contributed by atoms with Crippen LogP contribution in [0.2, 0.25) is 0 Å². The molecule has 0 spiro atoms. The van der Waals surface area contributed by atoms with Gasteiger partial charge in [-0.15, -0.1) is 0 Å². The van der Waals surface area contributed by atoms with E-state index in [0.717, 1.165) is 6.54 Å². The van der Waals surface area contributed by atoms with Crippen molar-refractivity contribution in [1.29, 1.82) is 0 Å². The van der Waals surface area contributed by atoms with Crippen molar-refractivity contribution in [2.45, 2.75) is 26.3 Å². The standard InChI is InChI=1S/C18H21BrN2/c1-14-4-5-15(12-18(14)19)13-20-16-6-8-17(9-7-16)21-10-2-3-11-21/h4-9,12,20H,2-3,10-11,13H2,1H3. The molecule has 0 atom stereocenters. The van der Waals surface area contributed by atoms with Crippen molar-refractivity contribution in [2.75, 3.05) is 23.3 Å². The summed E-state index contributed by atoms with van der Waals surface area (Å²) in [6.07, 6.45) is 2.64. The van der Waals surface area contributed by atoms with Crippen LogP contribution in [0.15, 0.2) is 46.9 Å². The van der Waals surface area contributed by atoms with Crippen molar-refractivity contribution in [2.24, 2.45) is 0 Å². The summed E-state index contributed by atoms with van der Waals surface area (Å²) in [6, 6.07) is 15.3. The van der Waals surface area contributed by atoms with E-state index >= 15 is 0 Å². The van der Waals surface area contributed by atoms with Crippen molar-refractivity contribution in [3.63, 3.8) is 0 Å². The molecule has 0 unspecified atom stereocenters. The van der Waals surface area contributed by atoms with Gasteiger partial charge in [-0.3, -0.25) is 0 Å². The van der Waals surface area contributed by atoms with E-state index in [2.05, 4.69) is 75.5 Å². The van der Waals surface area contributed by atoms with E-state index in [9.17, 15) is 0 Å². The average Bonchev–Trinajstić information content (AvgIpc) is 3.03.